The van der Waals surface area contributed by atoms with E-state index in [0.29, 0.717) is 6.04 Å². The molecule has 1 aromatic carbocycles. The Labute approximate surface area is 103 Å². The van der Waals surface area contributed by atoms with E-state index in [0.717, 1.165) is 29.7 Å². The molecule has 0 aliphatic carbocycles. The molecule has 1 aliphatic heterocycles. The Kier molecular flexibility index (Phi) is 3.95. The summed E-state index contributed by atoms with van der Waals surface area (Å²) in [6, 6.07) is 5.41. The third-order valence-corrected chi connectivity index (χ3v) is 3.53. The molecule has 2 nitrogen and oxygen atoms in total. The maximum Gasteiger partial charge on any atom is 0.124 e. The van der Waals surface area contributed by atoms with Gasteiger partial charge in [-0.3, -0.25) is 0 Å². The quantitative estimate of drug-likeness (QED) is 0.923. The molecule has 0 saturated carbocycles. The van der Waals surface area contributed by atoms with Crippen molar-refractivity contribution in [2.45, 2.75) is 25.4 Å². The summed E-state index contributed by atoms with van der Waals surface area (Å²) in [7, 11) is 0. The van der Waals surface area contributed by atoms with Gasteiger partial charge in [-0.1, -0.05) is 22.0 Å². The SMILES string of the molecule is CC(NC1CCOC1)c1ccc(F)cc1Br. The van der Waals surface area contributed by atoms with Crippen molar-refractivity contribution in [2.24, 2.45) is 0 Å². The first-order chi connectivity index (χ1) is 7.66. The zero-order valence-corrected chi connectivity index (χ0v) is 10.8. The fourth-order valence-electron chi connectivity index (χ4n) is 1.96. The summed E-state index contributed by atoms with van der Waals surface area (Å²) in [5, 5.41) is 3.48. The summed E-state index contributed by atoms with van der Waals surface area (Å²) >= 11 is 3.39. The van der Waals surface area contributed by atoms with Crippen LogP contribution in [0.4, 0.5) is 4.39 Å². The highest BCUT2D eigenvalue weighted by atomic mass is 79.9. The third-order valence-electron chi connectivity index (χ3n) is 2.84. The number of nitrogens with one attached hydrogen (secondary N) is 1. The number of hydrogen-bond donors (Lipinski definition) is 1. The van der Waals surface area contributed by atoms with Crippen LogP contribution in [0.5, 0.6) is 0 Å². The number of ether oxygens (including phenoxy) is 1. The Bertz CT molecular complexity index is 366. The molecular formula is C12H15BrFNO. The first kappa shape index (κ1) is 12.0. The summed E-state index contributed by atoms with van der Waals surface area (Å²) in [5.41, 5.74) is 1.08. The Morgan fingerprint density at radius 3 is 3.00 bits per heavy atom. The maximum absolute atomic E-state index is 12.9. The topological polar surface area (TPSA) is 21.3 Å². The molecule has 88 valence electrons. The minimum atomic E-state index is -0.216. The van der Waals surface area contributed by atoms with E-state index >= 15 is 0 Å². The van der Waals surface area contributed by atoms with Gasteiger partial charge in [-0.25, -0.2) is 4.39 Å². The molecule has 0 radical (unpaired) electrons. The molecule has 16 heavy (non-hydrogen) atoms. The van der Waals surface area contributed by atoms with Crippen molar-refractivity contribution in [1.29, 1.82) is 0 Å². The van der Waals surface area contributed by atoms with Gasteiger partial charge in [0.25, 0.3) is 0 Å². The van der Waals surface area contributed by atoms with E-state index < -0.39 is 0 Å². The molecule has 2 unspecified atom stereocenters. The highest BCUT2D eigenvalue weighted by molar-refractivity contribution is 9.10. The first-order valence-electron chi connectivity index (χ1n) is 5.45. The predicted octanol–water partition coefficient (Wildman–Crippen LogP) is 3.03. The zero-order chi connectivity index (χ0) is 11.5. The Morgan fingerprint density at radius 2 is 2.38 bits per heavy atom. The van der Waals surface area contributed by atoms with Gasteiger partial charge in [-0.15, -0.1) is 0 Å². The summed E-state index contributed by atoms with van der Waals surface area (Å²) < 4.78 is 19.1. The van der Waals surface area contributed by atoms with Crippen LogP contribution in [-0.2, 0) is 4.74 Å². The van der Waals surface area contributed by atoms with Gasteiger partial charge in [0, 0.05) is 23.2 Å². The molecule has 4 heteroatoms. The highest BCUT2D eigenvalue weighted by Crippen LogP contribution is 2.25. The molecule has 1 heterocycles. The average molecular weight is 288 g/mol. The van der Waals surface area contributed by atoms with Crippen molar-refractivity contribution >= 4 is 15.9 Å². The molecule has 1 aromatic rings. The van der Waals surface area contributed by atoms with Gasteiger partial charge in [0.15, 0.2) is 0 Å². The second kappa shape index (κ2) is 5.25. The van der Waals surface area contributed by atoms with Crippen molar-refractivity contribution < 1.29 is 9.13 Å². The van der Waals surface area contributed by atoms with E-state index in [2.05, 4.69) is 28.2 Å². The van der Waals surface area contributed by atoms with Crippen LogP contribution >= 0.6 is 15.9 Å². The minimum absolute atomic E-state index is 0.196. The van der Waals surface area contributed by atoms with Gasteiger partial charge in [-0.2, -0.15) is 0 Å². The largest absolute Gasteiger partial charge is 0.380 e. The fourth-order valence-corrected chi connectivity index (χ4v) is 2.66. The molecule has 1 aliphatic rings. The van der Waals surface area contributed by atoms with Gasteiger partial charge in [-0.05, 0) is 31.0 Å². The van der Waals surface area contributed by atoms with E-state index in [-0.39, 0.29) is 11.9 Å². The van der Waals surface area contributed by atoms with Gasteiger partial charge < -0.3 is 10.1 Å². The lowest BCUT2D eigenvalue weighted by Gasteiger charge is -2.19. The van der Waals surface area contributed by atoms with Crippen LogP contribution in [0, 0.1) is 5.82 Å². The summed E-state index contributed by atoms with van der Waals surface area (Å²) in [6.07, 6.45) is 1.04. The number of hydrogen-bond acceptors (Lipinski definition) is 2. The lowest BCUT2D eigenvalue weighted by molar-refractivity contribution is 0.188. The second-order valence-corrected chi connectivity index (χ2v) is 4.97. The van der Waals surface area contributed by atoms with Gasteiger partial charge in [0.05, 0.1) is 6.61 Å². The Hall–Kier alpha value is -0.450. The Morgan fingerprint density at radius 1 is 1.56 bits per heavy atom. The standard InChI is InChI=1S/C12H15BrFNO/c1-8(15-10-4-5-16-7-10)11-3-2-9(14)6-12(11)13/h2-3,6,8,10,15H,4-5,7H2,1H3. The van der Waals surface area contributed by atoms with Crippen LogP contribution in [0.1, 0.15) is 24.9 Å². The second-order valence-electron chi connectivity index (χ2n) is 4.11. The lowest BCUT2D eigenvalue weighted by Crippen LogP contribution is -2.31. The molecule has 1 N–H and O–H groups in total. The first-order valence-corrected chi connectivity index (χ1v) is 6.25. The van der Waals surface area contributed by atoms with Crippen molar-refractivity contribution in [2.75, 3.05) is 13.2 Å². The summed E-state index contributed by atoms with van der Waals surface area (Å²) in [6.45, 7) is 3.68. The highest BCUT2D eigenvalue weighted by Gasteiger charge is 2.19. The van der Waals surface area contributed by atoms with Crippen molar-refractivity contribution in [3.63, 3.8) is 0 Å². The van der Waals surface area contributed by atoms with Gasteiger partial charge >= 0.3 is 0 Å². The lowest BCUT2D eigenvalue weighted by atomic mass is 10.1. The zero-order valence-electron chi connectivity index (χ0n) is 9.17. The number of benzene rings is 1. The van der Waals surface area contributed by atoms with E-state index in [1.807, 2.05) is 6.07 Å². The van der Waals surface area contributed by atoms with E-state index in [1.54, 1.807) is 0 Å². The maximum atomic E-state index is 12.9. The van der Waals surface area contributed by atoms with Crippen molar-refractivity contribution in [1.82, 2.24) is 5.32 Å². The average Bonchev–Trinajstić information content (AvgIpc) is 2.70. The molecule has 0 aromatic heterocycles. The summed E-state index contributed by atoms with van der Waals surface area (Å²) in [5.74, 6) is -0.216. The molecule has 2 rings (SSSR count). The minimum Gasteiger partial charge on any atom is -0.380 e. The molecular weight excluding hydrogens is 273 g/mol. The molecule has 2 atom stereocenters. The number of rotatable bonds is 3. The van der Waals surface area contributed by atoms with Crippen LogP contribution < -0.4 is 5.32 Å². The van der Waals surface area contributed by atoms with E-state index in [9.17, 15) is 4.39 Å². The van der Waals surface area contributed by atoms with Crippen LogP contribution in [0.3, 0.4) is 0 Å². The fraction of sp³-hybridized carbons (Fsp3) is 0.500. The van der Waals surface area contributed by atoms with E-state index in [4.69, 9.17) is 4.74 Å². The molecule has 1 fully saturated rings. The van der Waals surface area contributed by atoms with E-state index in [1.165, 1.54) is 12.1 Å². The molecule has 0 spiro atoms. The third kappa shape index (κ3) is 2.81. The van der Waals surface area contributed by atoms with Crippen LogP contribution in [-0.4, -0.2) is 19.3 Å². The molecule has 1 saturated heterocycles. The normalized spacial score (nSPS) is 22.3. The summed E-state index contributed by atoms with van der Waals surface area (Å²) in [4.78, 5) is 0. The van der Waals surface area contributed by atoms with Crippen LogP contribution in [0.25, 0.3) is 0 Å². The molecule has 0 amide bonds. The monoisotopic (exact) mass is 287 g/mol. The predicted molar refractivity (Wildman–Crippen MR) is 64.9 cm³/mol. The van der Waals surface area contributed by atoms with Gasteiger partial charge in [0.1, 0.15) is 5.82 Å². The van der Waals surface area contributed by atoms with Gasteiger partial charge in [0.2, 0.25) is 0 Å². The molecule has 0 bridgehead atoms. The Balaban J connectivity index is 2.04. The van der Waals surface area contributed by atoms with Crippen LogP contribution in [0.15, 0.2) is 22.7 Å². The van der Waals surface area contributed by atoms with Crippen LogP contribution in [0.2, 0.25) is 0 Å². The number of halogens is 2. The smallest absolute Gasteiger partial charge is 0.124 e. The van der Waals surface area contributed by atoms with Crippen molar-refractivity contribution in [3.05, 3.63) is 34.1 Å². The van der Waals surface area contributed by atoms with Crippen molar-refractivity contribution in [3.8, 4) is 0 Å².